The summed E-state index contributed by atoms with van der Waals surface area (Å²) >= 11 is 0. The first-order chi connectivity index (χ1) is 12.8. The van der Waals surface area contributed by atoms with Crippen LogP contribution in [0.1, 0.15) is 67.4 Å². The third-order valence-corrected chi connectivity index (χ3v) is 6.65. The summed E-state index contributed by atoms with van der Waals surface area (Å²) in [5.41, 5.74) is 3.72. The zero-order valence-electron chi connectivity index (χ0n) is 18.6. The van der Waals surface area contributed by atoms with Crippen LogP contribution in [0.4, 0.5) is 5.69 Å². The predicted octanol–water partition coefficient (Wildman–Crippen LogP) is 5.66. The standard InChI is InChI=1S/C25H34N2O/c1-22(2,3)16-13-25-14-24(7,8)27-20(25)15-11-9-10-12-17(15)26-21(25)18(19(16)28)23(4,5)6/h9-13,18,21,26H,14H2,1-8H3/t18-,21+,25-/m0/s1. The minimum absolute atomic E-state index is 0.0292. The van der Waals surface area contributed by atoms with Gasteiger partial charge >= 0.3 is 0 Å². The number of carbonyl (C=O) groups excluding carboxylic acids is 1. The molecule has 150 valence electrons. The van der Waals surface area contributed by atoms with Crippen molar-refractivity contribution in [3.63, 3.8) is 0 Å². The van der Waals surface area contributed by atoms with Gasteiger partial charge in [0.05, 0.1) is 22.7 Å². The Bertz CT molecular complexity index is 907. The molecule has 0 bridgehead atoms. The molecule has 3 atom stereocenters. The molecule has 1 aliphatic carbocycles. The molecule has 1 spiro atoms. The summed E-state index contributed by atoms with van der Waals surface area (Å²) in [6, 6.07) is 8.48. The number of para-hydroxylation sites is 1. The first-order valence-corrected chi connectivity index (χ1v) is 10.5. The number of hydrogen-bond donors (Lipinski definition) is 1. The zero-order valence-corrected chi connectivity index (χ0v) is 18.6. The molecule has 0 saturated heterocycles. The third-order valence-electron chi connectivity index (χ3n) is 6.65. The lowest BCUT2D eigenvalue weighted by Gasteiger charge is -2.53. The second-order valence-electron chi connectivity index (χ2n) is 11.7. The lowest BCUT2D eigenvalue weighted by molar-refractivity contribution is -0.125. The quantitative estimate of drug-likeness (QED) is 0.633. The van der Waals surface area contributed by atoms with Crippen molar-refractivity contribution in [3.8, 4) is 0 Å². The van der Waals surface area contributed by atoms with Crippen molar-refractivity contribution in [1.82, 2.24) is 0 Å². The van der Waals surface area contributed by atoms with E-state index >= 15 is 0 Å². The highest BCUT2D eigenvalue weighted by molar-refractivity contribution is 6.16. The number of hydrogen-bond acceptors (Lipinski definition) is 3. The van der Waals surface area contributed by atoms with Crippen LogP contribution in [0.2, 0.25) is 0 Å². The van der Waals surface area contributed by atoms with Crippen molar-refractivity contribution in [2.75, 3.05) is 5.32 Å². The number of aliphatic imine (C=N–C) groups is 1. The van der Waals surface area contributed by atoms with Gasteiger partial charge < -0.3 is 5.32 Å². The Hall–Kier alpha value is -1.90. The van der Waals surface area contributed by atoms with Crippen molar-refractivity contribution in [2.45, 2.75) is 73.4 Å². The average molecular weight is 379 g/mol. The van der Waals surface area contributed by atoms with E-state index in [0.29, 0.717) is 5.78 Å². The summed E-state index contributed by atoms with van der Waals surface area (Å²) in [5, 5.41) is 3.81. The average Bonchev–Trinajstić information content (AvgIpc) is 2.81. The van der Waals surface area contributed by atoms with Gasteiger partial charge in [-0.15, -0.1) is 0 Å². The SMILES string of the molecule is CC1(C)C[C@]23C=C(C(C)(C)C)C(=O)[C@H](C(C)(C)C)[C@H]2Nc2ccccc2C3=N1. The summed E-state index contributed by atoms with van der Waals surface area (Å²) in [6.45, 7) is 17.5. The maximum atomic E-state index is 13.8. The van der Waals surface area contributed by atoms with Crippen LogP contribution in [-0.4, -0.2) is 23.1 Å². The van der Waals surface area contributed by atoms with Crippen molar-refractivity contribution >= 4 is 17.2 Å². The first-order valence-electron chi connectivity index (χ1n) is 10.5. The van der Waals surface area contributed by atoms with Crippen LogP contribution in [0.3, 0.4) is 0 Å². The van der Waals surface area contributed by atoms with Gasteiger partial charge in [0.25, 0.3) is 0 Å². The Kier molecular flexibility index (Phi) is 3.87. The van der Waals surface area contributed by atoms with Crippen LogP contribution in [0.5, 0.6) is 0 Å². The molecule has 0 radical (unpaired) electrons. The molecule has 0 saturated carbocycles. The second kappa shape index (κ2) is 5.58. The van der Waals surface area contributed by atoms with Gasteiger partial charge in [0.2, 0.25) is 0 Å². The fraction of sp³-hybridized carbons (Fsp3) is 0.600. The van der Waals surface area contributed by atoms with Crippen molar-refractivity contribution < 1.29 is 4.79 Å². The van der Waals surface area contributed by atoms with Crippen molar-refractivity contribution in [1.29, 1.82) is 0 Å². The van der Waals surface area contributed by atoms with Gasteiger partial charge in [0, 0.05) is 17.2 Å². The Balaban J connectivity index is 2.05. The number of nitrogens with zero attached hydrogens (tertiary/aromatic N) is 1. The van der Waals surface area contributed by atoms with Crippen LogP contribution < -0.4 is 5.32 Å². The molecule has 3 heteroatoms. The highest BCUT2D eigenvalue weighted by atomic mass is 16.1. The number of benzene rings is 1. The van der Waals surface area contributed by atoms with Gasteiger partial charge in [-0.1, -0.05) is 65.8 Å². The largest absolute Gasteiger partial charge is 0.380 e. The van der Waals surface area contributed by atoms with E-state index in [1.807, 2.05) is 0 Å². The number of carbonyl (C=O) groups is 1. The smallest absolute Gasteiger partial charge is 0.164 e. The second-order valence-corrected chi connectivity index (χ2v) is 11.7. The van der Waals surface area contributed by atoms with Crippen LogP contribution in [-0.2, 0) is 4.79 Å². The molecular weight excluding hydrogens is 344 g/mol. The van der Waals surface area contributed by atoms with Crippen molar-refractivity contribution in [3.05, 3.63) is 41.5 Å². The topological polar surface area (TPSA) is 41.5 Å². The molecule has 4 rings (SSSR count). The highest BCUT2D eigenvalue weighted by Gasteiger charge is 2.61. The summed E-state index contributed by atoms with van der Waals surface area (Å²) in [5.74, 6) is 0.200. The number of nitrogens with one attached hydrogen (secondary N) is 1. The minimum Gasteiger partial charge on any atom is -0.380 e. The van der Waals surface area contributed by atoms with Gasteiger partial charge in [-0.05, 0) is 42.7 Å². The molecule has 3 aliphatic rings. The predicted molar refractivity (Wildman–Crippen MR) is 117 cm³/mol. The van der Waals surface area contributed by atoms with Gasteiger partial charge in [-0.2, -0.15) is 0 Å². The normalized spacial score (nSPS) is 31.2. The van der Waals surface area contributed by atoms with Crippen LogP contribution in [0, 0.1) is 22.2 Å². The maximum absolute atomic E-state index is 13.8. The van der Waals surface area contributed by atoms with Gasteiger partial charge in [-0.3, -0.25) is 9.79 Å². The summed E-state index contributed by atoms with van der Waals surface area (Å²) in [7, 11) is 0. The van der Waals surface area contributed by atoms with Gasteiger partial charge in [0.1, 0.15) is 0 Å². The van der Waals surface area contributed by atoms with E-state index in [0.717, 1.165) is 17.7 Å². The fourth-order valence-corrected chi connectivity index (χ4v) is 5.64. The number of ketones is 1. The van der Waals surface area contributed by atoms with E-state index in [9.17, 15) is 4.79 Å². The Morgan fingerprint density at radius 3 is 2.32 bits per heavy atom. The number of anilines is 1. The van der Waals surface area contributed by atoms with E-state index in [1.54, 1.807) is 0 Å². The van der Waals surface area contributed by atoms with E-state index in [-0.39, 0.29) is 33.7 Å². The Morgan fingerprint density at radius 1 is 1.07 bits per heavy atom. The van der Waals surface area contributed by atoms with E-state index < -0.39 is 0 Å². The number of fused-ring (bicyclic) bond motifs is 2. The zero-order chi connectivity index (χ0) is 20.7. The number of Topliss-reactive ketones (excluding diaryl/α,β-unsaturated/α-hetero) is 1. The molecule has 1 aromatic rings. The molecule has 2 aliphatic heterocycles. The highest BCUT2D eigenvalue weighted by Crippen LogP contribution is 2.58. The molecular formula is C25H34N2O. The lowest BCUT2D eigenvalue weighted by atomic mass is 9.53. The molecule has 0 fully saturated rings. The maximum Gasteiger partial charge on any atom is 0.164 e. The Labute approximate surface area is 169 Å². The van der Waals surface area contributed by atoms with E-state index in [2.05, 4.69) is 91.0 Å². The number of allylic oxidation sites excluding steroid dienone is 1. The van der Waals surface area contributed by atoms with Crippen LogP contribution >= 0.6 is 0 Å². The van der Waals surface area contributed by atoms with E-state index in [4.69, 9.17) is 4.99 Å². The fourth-order valence-electron chi connectivity index (χ4n) is 5.64. The monoisotopic (exact) mass is 378 g/mol. The van der Waals surface area contributed by atoms with Crippen LogP contribution in [0.25, 0.3) is 0 Å². The molecule has 1 N–H and O–H groups in total. The van der Waals surface area contributed by atoms with Gasteiger partial charge in [-0.25, -0.2) is 0 Å². The summed E-state index contributed by atoms with van der Waals surface area (Å²) < 4.78 is 0. The minimum atomic E-state index is -0.244. The van der Waals surface area contributed by atoms with Gasteiger partial charge in [0.15, 0.2) is 5.78 Å². The molecule has 1 aromatic carbocycles. The molecule has 0 unspecified atom stereocenters. The summed E-state index contributed by atoms with van der Waals surface area (Å²) in [6.07, 6.45) is 3.24. The molecule has 0 amide bonds. The molecule has 28 heavy (non-hydrogen) atoms. The molecule has 0 aromatic heterocycles. The summed E-state index contributed by atoms with van der Waals surface area (Å²) in [4.78, 5) is 19.0. The molecule has 3 nitrogen and oxygen atoms in total. The Morgan fingerprint density at radius 2 is 1.71 bits per heavy atom. The third kappa shape index (κ3) is 2.69. The number of rotatable bonds is 0. The van der Waals surface area contributed by atoms with Crippen molar-refractivity contribution in [2.24, 2.45) is 27.2 Å². The lowest BCUT2D eigenvalue weighted by Crippen LogP contribution is -2.60. The first kappa shape index (κ1) is 19.4. The molecule has 2 heterocycles. The van der Waals surface area contributed by atoms with Crippen LogP contribution in [0.15, 0.2) is 40.9 Å². The van der Waals surface area contributed by atoms with E-state index in [1.165, 1.54) is 11.3 Å².